The molecule has 0 unspecified atom stereocenters. The number of carbonyl (C=O) groups excluding carboxylic acids is 1. The SMILES string of the molecule is C=C(C)C(=O)OCCCO[Si](OC)(Oc1ccccc1)Oc1ccccc1. The van der Waals surface area contributed by atoms with Gasteiger partial charge in [-0.15, -0.1) is 0 Å². The normalized spacial score (nSPS) is 10.9. The molecular formula is C20H24O6Si. The van der Waals surface area contributed by atoms with Crippen molar-refractivity contribution < 1.29 is 27.2 Å². The molecule has 27 heavy (non-hydrogen) atoms. The summed E-state index contributed by atoms with van der Waals surface area (Å²) in [4.78, 5) is 11.4. The molecule has 0 aromatic heterocycles. The number of rotatable bonds is 11. The van der Waals surface area contributed by atoms with Gasteiger partial charge in [0.1, 0.15) is 11.5 Å². The van der Waals surface area contributed by atoms with Gasteiger partial charge in [0.15, 0.2) is 0 Å². The van der Waals surface area contributed by atoms with Gasteiger partial charge in [-0.05, 0) is 31.2 Å². The summed E-state index contributed by atoms with van der Waals surface area (Å²) in [5, 5.41) is 0. The van der Waals surface area contributed by atoms with Crippen LogP contribution in [-0.2, 0) is 18.4 Å². The van der Waals surface area contributed by atoms with Crippen LogP contribution in [0.1, 0.15) is 13.3 Å². The molecule has 0 amide bonds. The molecule has 0 fully saturated rings. The summed E-state index contributed by atoms with van der Waals surface area (Å²) < 4.78 is 28.5. The van der Waals surface area contributed by atoms with Gasteiger partial charge in [0, 0.05) is 25.7 Å². The van der Waals surface area contributed by atoms with Crippen molar-refractivity contribution in [2.24, 2.45) is 0 Å². The van der Waals surface area contributed by atoms with E-state index in [2.05, 4.69) is 6.58 Å². The van der Waals surface area contributed by atoms with Gasteiger partial charge < -0.3 is 22.4 Å². The first-order valence-corrected chi connectivity index (χ1v) is 10.2. The third-order valence-electron chi connectivity index (χ3n) is 3.37. The zero-order valence-corrected chi connectivity index (χ0v) is 16.6. The van der Waals surface area contributed by atoms with Crippen LogP contribution in [-0.4, -0.2) is 35.3 Å². The maximum absolute atomic E-state index is 11.4. The molecule has 0 saturated carbocycles. The number of hydrogen-bond acceptors (Lipinski definition) is 6. The van der Waals surface area contributed by atoms with Crippen LogP contribution >= 0.6 is 0 Å². The van der Waals surface area contributed by atoms with Crippen molar-refractivity contribution in [1.82, 2.24) is 0 Å². The summed E-state index contributed by atoms with van der Waals surface area (Å²) in [5.41, 5.74) is 0.358. The van der Waals surface area contributed by atoms with E-state index >= 15 is 0 Å². The Morgan fingerprint density at radius 3 is 1.89 bits per heavy atom. The molecule has 0 N–H and O–H groups in total. The molecule has 2 aromatic rings. The van der Waals surface area contributed by atoms with Crippen molar-refractivity contribution in [3.8, 4) is 11.5 Å². The predicted molar refractivity (Wildman–Crippen MR) is 103 cm³/mol. The number of carbonyl (C=O) groups is 1. The number of ether oxygens (including phenoxy) is 1. The second-order valence-corrected chi connectivity index (χ2v) is 7.76. The molecule has 0 aliphatic carbocycles. The Morgan fingerprint density at radius 2 is 1.44 bits per heavy atom. The third-order valence-corrected chi connectivity index (χ3v) is 5.40. The molecule has 2 aromatic carbocycles. The molecule has 0 atom stereocenters. The van der Waals surface area contributed by atoms with Crippen LogP contribution < -0.4 is 8.85 Å². The molecule has 0 aliphatic rings. The fourth-order valence-electron chi connectivity index (χ4n) is 2.03. The van der Waals surface area contributed by atoms with Crippen molar-refractivity contribution in [3.05, 3.63) is 72.8 Å². The van der Waals surface area contributed by atoms with Crippen molar-refractivity contribution in [2.75, 3.05) is 20.3 Å². The molecule has 0 saturated heterocycles. The highest BCUT2D eigenvalue weighted by atomic mass is 28.4. The monoisotopic (exact) mass is 388 g/mol. The van der Waals surface area contributed by atoms with E-state index in [9.17, 15) is 4.79 Å². The molecule has 144 valence electrons. The molecule has 2 rings (SSSR count). The zero-order valence-electron chi connectivity index (χ0n) is 15.6. The molecule has 6 nitrogen and oxygen atoms in total. The lowest BCUT2D eigenvalue weighted by atomic mass is 10.3. The maximum atomic E-state index is 11.4. The zero-order chi connectivity index (χ0) is 19.5. The van der Waals surface area contributed by atoms with E-state index in [0.29, 0.717) is 23.5 Å². The van der Waals surface area contributed by atoms with Gasteiger partial charge in [-0.1, -0.05) is 43.0 Å². The maximum Gasteiger partial charge on any atom is 0.820 e. The lowest BCUT2D eigenvalue weighted by Crippen LogP contribution is -2.54. The second kappa shape index (κ2) is 10.5. The fourth-order valence-corrected chi connectivity index (χ4v) is 3.72. The fraction of sp³-hybridized carbons (Fsp3) is 0.250. The molecule has 0 heterocycles. The van der Waals surface area contributed by atoms with Gasteiger partial charge in [-0.25, -0.2) is 4.79 Å². The predicted octanol–water partition coefficient (Wildman–Crippen LogP) is 3.75. The Balaban J connectivity index is 2.01. The minimum Gasteiger partial charge on any atom is -0.471 e. The Bertz CT molecular complexity index is 678. The average Bonchev–Trinajstić information content (AvgIpc) is 2.69. The highest BCUT2D eigenvalue weighted by Gasteiger charge is 2.50. The Hall–Kier alpha value is -2.61. The van der Waals surface area contributed by atoms with Crippen LogP contribution in [0, 0.1) is 0 Å². The van der Waals surface area contributed by atoms with Crippen molar-refractivity contribution >= 4 is 15.0 Å². The molecule has 0 radical (unpaired) electrons. The minimum atomic E-state index is -3.51. The van der Waals surface area contributed by atoms with E-state index in [0.717, 1.165) is 0 Å². The highest BCUT2D eigenvalue weighted by Crippen LogP contribution is 2.22. The summed E-state index contributed by atoms with van der Waals surface area (Å²) in [6.07, 6.45) is 0.466. The van der Waals surface area contributed by atoms with Gasteiger partial charge in [0.2, 0.25) is 0 Å². The van der Waals surface area contributed by atoms with E-state index < -0.39 is 15.0 Å². The summed E-state index contributed by atoms with van der Waals surface area (Å²) in [6, 6.07) is 18.4. The van der Waals surface area contributed by atoms with Gasteiger partial charge in [-0.2, -0.15) is 0 Å². The van der Waals surface area contributed by atoms with Gasteiger partial charge in [0.05, 0.1) is 6.61 Å². The van der Waals surface area contributed by atoms with Crippen LogP contribution in [0.5, 0.6) is 11.5 Å². The van der Waals surface area contributed by atoms with Crippen molar-refractivity contribution in [1.29, 1.82) is 0 Å². The highest BCUT2D eigenvalue weighted by molar-refractivity contribution is 6.55. The first kappa shape index (κ1) is 20.7. The molecular weight excluding hydrogens is 364 g/mol. The topological polar surface area (TPSA) is 63.2 Å². The number of benzene rings is 2. The largest absolute Gasteiger partial charge is 0.820 e. The van der Waals surface area contributed by atoms with Crippen LogP contribution in [0.4, 0.5) is 0 Å². The van der Waals surface area contributed by atoms with Gasteiger partial charge >= 0.3 is 15.0 Å². The third kappa shape index (κ3) is 6.90. The van der Waals surface area contributed by atoms with E-state index in [4.69, 9.17) is 22.4 Å². The van der Waals surface area contributed by atoms with Gasteiger partial charge in [0.25, 0.3) is 0 Å². The Morgan fingerprint density at radius 1 is 0.926 bits per heavy atom. The lowest BCUT2D eigenvalue weighted by Gasteiger charge is -2.27. The average molecular weight is 388 g/mol. The van der Waals surface area contributed by atoms with Crippen LogP contribution in [0.3, 0.4) is 0 Å². The first-order chi connectivity index (χ1) is 13.0. The van der Waals surface area contributed by atoms with E-state index in [1.54, 1.807) is 31.2 Å². The van der Waals surface area contributed by atoms with Crippen LogP contribution in [0.25, 0.3) is 0 Å². The van der Waals surface area contributed by atoms with Gasteiger partial charge in [-0.3, -0.25) is 0 Å². The number of esters is 1. The summed E-state index contributed by atoms with van der Waals surface area (Å²) >= 11 is 0. The second-order valence-electron chi connectivity index (χ2n) is 5.65. The van der Waals surface area contributed by atoms with Crippen LogP contribution in [0.15, 0.2) is 72.8 Å². The summed E-state index contributed by atoms with van der Waals surface area (Å²) in [7, 11) is -2.02. The van der Waals surface area contributed by atoms with E-state index in [-0.39, 0.29) is 13.2 Å². The van der Waals surface area contributed by atoms with E-state index in [1.807, 2.05) is 36.4 Å². The molecule has 7 heteroatoms. The molecule has 0 bridgehead atoms. The molecule has 0 spiro atoms. The van der Waals surface area contributed by atoms with Crippen molar-refractivity contribution in [3.63, 3.8) is 0 Å². The minimum absolute atomic E-state index is 0.205. The van der Waals surface area contributed by atoms with Crippen LogP contribution in [0.2, 0.25) is 0 Å². The van der Waals surface area contributed by atoms with Crippen molar-refractivity contribution in [2.45, 2.75) is 13.3 Å². The smallest absolute Gasteiger partial charge is 0.471 e. The Kier molecular flexibility index (Phi) is 8.06. The number of hydrogen-bond donors (Lipinski definition) is 0. The summed E-state index contributed by atoms with van der Waals surface area (Å²) in [6.45, 7) is 5.59. The molecule has 0 aliphatic heterocycles. The first-order valence-electron chi connectivity index (χ1n) is 8.54. The Labute approximate surface area is 160 Å². The quantitative estimate of drug-likeness (QED) is 0.253. The van der Waals surface area contributed by atoms with E-state index in [1.165, 1.54) is 7.11 Å². The number of para-hydroxylation sites is 2. The standard InChI is InChI=1S/C20H24O6Si/c1-17(2)20(21)23-15-10-16-24-27(22-3,25-18-11-6-4-7-12-18)26-19-13-8-5-9-14-19/h4-9,11-14H,1,10,15-16H2,2-3H3. The lowest BCUT2D eigenvalue weighted by molar-refractivity contribution is -0.139. The summed E-state index contributed by atoms with van der Waals surface area (Å²) in [5.74, 6) is 0.734.